The summed E-state index contributed by atoms with van der Waals surface area (Å²) in [6, 6.07) is 16.1. The van der Waals surface area contributed by atoms with Gasteiger partial charge in [0.2, 0.25) is 11.8 Å². The second-order valence-corrected chi connectivity index (χ2v) is 15.4. The summed E-state index contributed by atoms with van der Waals surface area (Å²) in [5.41, 5.74) is 5.02. The SMILES string of the molecule is Cc1cc(C(=O)NC(C)C)ccc1-c1ccc(C[C@H](NC(=O)C2CCC(CNC(=O)OC(C)(C)C)CC2)C(=O)Nc2cc(Cl)c3cn[nH]c3c2)cc1. The Hall–Kier alpha value is -4.90. The number of alkyl carbamates (subject to hydrolysis) is 1. The van der Waals surface area contributed by atoms with Crippen LogP contribution in [0, 0.1) is 18.8 Å². The monoisotopic (exact) mass is 728 g/mol. The number of anilines is 1. The number of hydrogen-bond donors (Lipinski definition) is 5. The second kappa shape index (κ2) is 16.6. The van der Waals surface area contributed by atoms with Crippen LogP contribution in [-0.2, 0) is 20.7 Å². The molecular weight excluding hydrogens is 680 g/mol. The molecule has 0 unspecified atom stereocenters. The Bertz CT molecular complexity index is 1910. The normalized spacial score (nSPS) is 16.6. The Kier molecular flexibility index (Phi) is 12.3. The van der Waals surface area contributed by atoms with Crippen molar-refractivity contribution in [2.75, 3.05) is 11.9 Å². The molecule has 4 aromatic rings. The third-order valence-electron chi connectivity index (χ3n) is 9.17. The number of rotatable bonds is 11. The van der Waals surface area contributed by atoms with Crippen LogP contribution < -0.4 is 21.3 Å². The van der Waals surface area contributed by atoms with Gasteiger partial charge in [0.1, 0.15) is 11.6 Å². The molecule has 4 amide bonds. The highest BCUT2D eigenvalue weighted by atomic mass is 35.5. The van der Waals surface area contributed by atoms with E-state index in [1.54, 1.807) is 18.3 Å². The summed E-state index contributed by atoms with van der Waals surface area (Å²) in [7, 11) is 0. The summed E-state index contributed by atoms with van der Waals surface area (Å²) in [4.78, 5) is 52.1. The van der Waals surface area contributed by atoms with Gasteiger partial charge in [-0.2, -0.15) is 5.10 Å². The first-order valence-corrected chi connectivity index (χ1v) is 18.2. The summed E-state index contributed by atoms with van der Waals surface area (Å²) in [5, 5.41) is 19.9. The van der Waals surface area contributed by atoms with Crippen molar-refractivity contribution in [2.24, 2.45) is 11.8 Å². The zero-order valence-corrected chi connectivity index (χ0v) is 31.4. The van der Waals surface area contributed by atoms with Gasteiger partial charge in [0.05, 0.1) is 16.7 Å². The lowest BCUT2D eigenvalue weighted by Crippen LogP contribution is -2.48. The molecule has 0 spiro atoms. The van der Waals surface area contributed by atoms with E-state index in [1.807, 2.05) is 84.0 Å². The molecule has 5 N–H and O–H groups in total. The number of aromatic amines is 1. The molecule has 1 aliphatic carbocycles. The molecule has 0 saturated heterocycles. The number of H-pyrrole nitrogens is 1. The number of fused-ring (bicyclic) bond motifs is 1. The first-order chi connectivity index (χ1) is 24.6. The molecular formula is C40H49ClN6O5. The van der Waals surface area contributed by atoms with Gasteiger partial charge in [-0.25, -0.2) is 4.79 Å². The zero-order valence-electron chi connectivity index (χ0n) is 30.7. The van der Waals surface area contributed by atoms with Crippen LogP contribution in [0.25, 0.3) is 22.0 Å². The minimum Gasteiger partial charge on any atom is -0.444 e. The lowest BCUT2D eigenvalue weighted by atomic mass is 9.81. The van der Waals surface area contributed by atoms with E-state index in [0.717, 1.165) is 40.5 Å². The van der Waals surface area contributed by atoms with E-state index in [2.05, 4.69) is 31.5 Å². The van der Waals surface area contributed by atoms with Gasteiger partial charge in [0.15, 0.2) is 0 Å². The summed E-state index contributed by atoms with van der Waals surface area (Å²) < 4.78 is 5.35. The number of hydrogen-bond acceptors (Lipinski definition) is 6. The lowest BCUT2D eigenvalue weighted by molar-refractivity contribution is -0.130. The maximum atomic E-state index is 13.8. The highest BCUT2D eigenvalue weighted by molar-refractivity contribution is 6.35. The quantitative estimate of drug-likeness (QED) is 0.109. The molecule has 1 fully saturated rings. The van der Waals surface area contributed by atoms with E-state index >= 15 is 0 Å². The van der Waals surface area contributed by atoms with Crippen molar-refractivity contribution in [1.29, 1.82) is 0 Å². The number of nitrogens with one attached hydrogen (secondary N) is 5. The summed E-state index contributed by atoms with van der Waals surface area (Å²) >= 11 is 6.45. The zero-order chi connectivity index (χ0) is 37.6. The van der Waals surface area contributed by atoms with Crippen LogP contribution in [-0.4, -0.2) is 58.2 Å². The fourth-order valence-corrected chi connectivity index (χ4v) is 6.78. The fourth-order valence-electron chi connectivity index (χ4n) is 6.51. The number of carbonyl (C=O) groups is 4. The minimum atomic E-state index is -0.860. The Balaban J connectivity index is 1.27. The fraction of sp³-hybridized carbons (Fsp3) is 0.425. The van der Waals surface area contributed by atoms with Gasteiger partial charge in [0.25, 0.3) is 5.91 Å². The Labute approximate surface area is 310 Å². The number of aromatic nitrogens is 2. The standard InChI is InChI=1S/C40H49ClN6O5/c1-23(2)44-37(49)29-15-16-31(24(3)17-29)27-11-7-25(8-12-27)18-35(38(50)45-30-19-33(41)32-22-43-47-34(32)20-30)46-36(48)28-13-9-26(10-14-28)21-42-39(51)52-40(4,5)6/h7-8,11-12,15-17,19-20,22-23,26,28,35H,9-10,13-14,18,21H2,1-6H3,(H,42,51)(H,43,47)(H,44,49)(H,45,50)(H,46,48)/t26?,28?,35-/m0/s1. The van der Waals surface area contributed by atoms with Crippen LogP contribution in [0.2, 0.25) is 5.02 Å². The smallest absolute Gasteiger partial charge is 0.407 e. The molecule has 12 heteroatoms. The topological polar surface area (TPSA) is 154 Å². The molecule has 5 rings (SSSR count). The highest BCUT2D eigenvalue weighted by Gasteiger charge is 2.30. The molecule has 1 aliphatic rings. The lowest BCUT2D eigenvalue weighted by Gasteiger charge is -2.29. The molecule has 0 radical (unpaired) electrons. The summed E-state index contributed by atoms with van der Waals surface area (Å²) in [6.07, 6.45) is 4.30. The average molecular weight is 729 g/mol. The van der Waals surface area contributed by atoms with Gasteiger partial charge < -0.3 is 26.0 Å². The highest BCUT2D eigenvalue weighted by Crippen LogP contribution is 2.30. The van der Waals surface area contributed by atoms with Gasteiger partial charge in [-0.3, -0.25) is 19.5 Å². The van der Waals surface area contributed by atoms with Crippen molar-refractivity contribution in [1.82, 2.24) is 26.1 Å². The molecule has 11 nitrogen and oxygen atoms in total. The third kappa shape index (κ3) is 10.3. The average Bonchev–Trinajstić information content (AvgIpc) is 3.56. The van der Waals surface area contributed by atoms with Crippen LogP contribution in [0.5, 0.6) is 0 Å². The molecule has 3 aromatic carbocycles. The van der Waals surface area contributed by atoms with Crippen LogP contribution in [0.15, 0.2) is 60.8 Å². The Morgan fingerprint density at radius 3 is 2.33 bits per heavy atom. The predicted octanol–water partition coefficient (Wildman–Crippen LogP) is 7.33. The molecule has 52 heavy (non-hydrogen) atoms. The van der Waals surface area contributed by atoms with Crippen molar-refractivity contribution in [3.05, 3.63) is 82.5 Å². The Morgan fingerprint density at radius 2 is 1.67 bits per heavy atom. The van der Waals surface area contributed by atoms with Gasteiger partial charge in [-0.05, 0) is 120 Å². The number of nitrogens with zero attached hydrogens (tertiary/aromatic N) is 1. The molecule has 0 aliphatic heterocycles. The number of ether oxygens (including phenoxy) is 1. The Morgan fingerprint density at radius 1 is 0.962 bits per heavy atom. The first kappa shape index (κ1) is 38.3. The van der Waals surface area contributed by atoms with Crippen molar-refractivity contribution in [2.45, 2.75) is 91.3 Å². The largest absolute Gasteiger partial charge is 0.444 e. The first-order valence-electron chi connectivity index (χ1n) is 17.9. The van der Waals surface area contributed by atoms with Gasteiger partial charge >= 0.3 is 6.09 Å². The number of carbonyl (C=O) groups excluding carboxylic acids is 4. The van der Waals surface area contributed by atoms with E-state index in [4.69, 9.17) is 16.3 Å². The van der Waals surface area contributed by atoms with E-state index in [0.29, 0.717) is 41.2 Å². The van der Waals surface area contributed by atoms with Crippen LogP contribution in [0.3, 0.4) is 0 Å². The minimum absolute atomic E-state index is 0.0448. The number of aryl methyl sites for hydroxylation is 1. The molecule has 1 atom stereocenters. The van der Waals surface area contributed by atoms with E-state index in [9.17, 15) is 19.2 Å². The van der Waals surface area contributed by atoms with Crippen molar-refractivity contribution < 1.29 is 23.9 Å². The van der Waals surface area contributed by atoms with Crippen LogP contribution >= 0.6 is 11.6 Å². The summed E-state index contributed by atoms with van der Waals surface area (Å²) in [5.74, 6) is -0.655. The maximum Gasteiger partial charge on any atom is 0.407 e. The van der Waals surface area contributed by atoms with Gasteiger partial charge in [-0.15, -0.1) is 0 Å². The molecule has 276 valence electrons. The number of benzene rings is 3. The van der Waals surface area contributed by atoms with E-state index in [-0.39, 0.29) is 42.0 Å². The van der Waals surface area contributed by atoms with Gasteiger partial charge in [-0.1, -0.05) is 41.9 Å². The predicted molar refractivity (Wildman–Crippen MR) is 204 cm³/mol. The van der Waals surface area contributed by atoms with Crippen molar-refractivity contribution in [3.8, 4) is 11.1 Å². The van der Waals surface area contributed by atoms with E-state index in [1.165, 1.54) is 0 Å². The molecule has 1 heterocycles. The van der Waals surface area contributed by atoms with Crippen molar-refractivity contribution >= 4 is 52.0 Å². The van der Waals surface area contributed by atoms with Crippen LogP contribution in [0.4, 0.5) is 10.5 Å². The number of amides is 4. The van der Waals surface area contributed by atoms with Crippen LogP contribution in [0.1, 0.15) is 81.8 Å². The maximum absolute atomic E-state index is 13.8. The molecule has 1 aromatic heterocycles. The molecule has 1 saturated carbocycles. The molecule has 0 bridgehead atoms. The van der Waals surface area contributed by atoms with Gasteiger partial charge in [0, 0.05) is 41.6 Å². The van der Waals surface area contributed by atoms with Crippen molar-refractivity contribution in [3.63, 3.8) is 0 Å². The summed E-state index contributed by atoms with van der Waals surface area (Å²) in [6.45, 7) is 11.8. The number of halogens is 1. The van der Waals surface area contributed by atoms with E-state index < -0.39 is 17.7 Å². The third-order valence-corrected chi connectivity index (χ3v) is 9.49. The second-order valence-electron chi connectivity index (χ2n) is 15.0.